The van der Waals surface area contributed by atoms with E-state index in [-0.39, 0.29) is 54.3 Å². The van der Waals surface area contributed by atoms with Crippen LogP contribution in [-0.2, 0) is 19.6 Å². The summed E-state index contributed by atoms with van der Waals surface area (Å²) in [7, 11) is -2.21. The maximum absolute atomic E-state index is 14.3. The Morgan fingerprint density at radius 3 is 2.43 bits per heavy atom. The van der Waals surface area contributed by atoms with Crippen molar-refractivity contribution >= 4 is 27.5 Å². The van der Waals surface area contributed by atoms with Gasteiger partial charge in [-0.05, 0) is 76.3 Å². The number of rotatable bonds is 8. The van der Waals surface area contributed by atoms with Crippen LogP contribution >= 0.6 is 0 Å². The molecule has 2 aromatic rings. The zero-order valence-corrected chi connectivity index (χ0v) is 28.5. The summed E-state index contributed by atoms with van der Waals surface area (Å²) in [6.07, 6.45) is 6.58. The molecule has 1 saturated carbocycles. The molecular weight excluding hydrogens is 606 g/mol. The Bertz CT molecular complexity index is 1400. The predicted molar refractivity (Wildman–Crippen MR) is 178 cm³/mol. The number of aliphatic hydroxyl groups excluding tert-OH is 1. The Morgan fingerprint density at radius 2 is 1.74 bits per heavy atom. The normalized spacial score (nSPS) is 23.2. The maximum Gasteiger partial charge on any atom is 0.258 e. The summed E-state index contributed by atoms with van der Waals surface area (Å²) >= 11 is 0. The summed E-state index contributed by atoms with van der Waals surface area (Å²) in [5.74, 6) is -0.278. The second-order valence-electron chi connectivity index (χ2n) is 12.9. The number of fused-ring (bicyclic) bond motifs is 1. The molecule has 1 fully saturated rings. The number of carbonyl (C=O) groups is 2. The standard InChI is InChI=1S/C35H51N3O7S/c1-25-22-38(26(2)24-39)35(41)31-21-29(36-34(40)28-14-7-5-8-15-28)18-19-32(31)45-27(3)13-11-12-20-44-33(25)23-37(4)46(42,43)30-16-9-6-10-17-30/h6,9-10,16-19,21,25-28,33,39H,5,7-8,11-15,20,22-24H2,1-4H3,(H,36,40)/t25-,26+,27-,33-/m1/s1. The minimum Gasteiger partial charge on any atom is -0.490 e. The minimum atomic E-state index is -3.76. The van der Waals surface area contributed by atoms with Crippen LogP contribution in [0.2, 0.25) is 0 Å². The number of nitrogens with zero attached hydrogens (tertiary/aromatic N) is 2. The van der Waals surface area contributed by atoms with E-state index in [0.29, 0.717) is 23.6 Å². The Kier molecular flexibility index (Phi) is 13.0. The summed E-state index contributed by atoms with van der Waals surface area (Å²) in [5.41, 5.74) is 0.831. The molecule has 254 valence electrons. The molecule has 1 aliphatic carbocycles. The van der Waals surface area contributed by atoms with Gasteiger partial charge in [0.1, 0.15) is 5.75 Å². The fraction of sp³-hybridized carbons (Fsp3) is 0.600. The van der Waals surface area contributed by atoms with E-state index in [2.05, 4.69) is 5.32 Å². The van der Waals surface area contributed by atoms with E-state index in [4.69, 9.17) is 9.47 Å². The molecule has 4 rings (SSSR count). The number of amides is 2. The van der Waals surface area contributed by atoms with Crippen LogP contribution in [-0.4, -0.2) is 86.1 Å². The second-order valence-corrected chi connectivity index (χ2v) is 15.0. The monoisotopic (exact) mass is 657 g/mol. The number of aliphatic hydroxyl groups is 1. The van der Waals surface area contributed by atoms with Crippen molar-refractivity contribution < 1.29 is 32.6 Å². The van der Waals surface area contributed by atoms with E-state index in [9.17, 15) is 23.1 Å². The number of ether oxygens (including phenoxy) is 2. The van der Waals surface area contributed by atoms with E-state index >= 15 is 0 Å². The molecule has 0 aromatic heterocycles. The summed E-state index contributed by atoms with van der Waals surface area (Å²) in [6, 6.07) is 12.9. The molecule has 0 radical (unpaired) electrons. The number of hydrogen-bond acceptors (Lipinski definition) is 7. The molecule has 1 heterocycles. The van der Waals surface area contributed by atoms with Gasteiger partial charge in [0.15, 0.2) is 0 Å². The molecule has 0 spiro atoms. The van der Waals surface area contributed by atoms with Crippen LogP contribution in [0.25, 0.3) is 0 Å². The number of nitrogens with one attached hydrogen (secondary N) is 1. The maximum atomic E-state index is 14.3. The first kappa shape index (κ1) is 35.9. The molecule has 2 aliphatic rings. The third kappa shape index (κ3) is 9.30. The van der Waals surface area contributed by atoms with Crippen LogP contribution in [0.4, 0.5) is 5.69 Å². The highest BCUT2D eigenvalue weighted by Crippen LogP contribution is 2.30. The molecule has 2 aromatic carbocycles. The molecule has 0 bridgehead atoms. The molecule has 2 amide bonds. The summed E-state index contributed by atoms with van der Waals surface area (Å²) in [5, 5.41) is 13.2. The predicted octanol–water partition coefficient (Wildman–Crippen LogP) is 5.32. The molecule has 11 heteroatoms. The van der Waals surface area contributed by atoms with Crippen molar-refractivity contribution in [3.05, 3.63) is 54.1 Å². The zero-order valence-electron chi connectivity index (χ0n) is 27.7. The Labute approximate surface area is 274 Å². The molecule has 0 unspecified atom stereocenters. The van der Waals surface area contributed by atoms with Gasteiger partial charge in [-0.1, -0.05) is 44.4 Å². The van der Waals surface area contributed by atoms with Gasteiger partial charge in [-0.15, -0.1) is 0 Å². The SMILES string of the molecule is C[C@@H]1CCCCO[C@H](CN(C)S(=O)(=O)c2ccccc2)[C@H](C)CN([C@@H](C)CO)C(=O)c2cc(NC(=O)C3CCCCC3)ccc2O1. The van der Waals surface area contributed by atoms with Gasteiger partial charge in [-0.2, -0.15) is 4.31 Å². The molecule has 10 nitrogen and oxygen atoms in total. The molecule has 46 heavy (non-hydrogen) atoms. The fourth-order valence-corrected chi connectivity index (χ4v) is 7.40. The lowest BCUT2D eigenvalue weighted by Crippen LogP contribution is -2.48. The smallest absolute Gasteiger partial charge is 0.258 e. The van der Waals surface area contributed by atoms with Crippen molar-refractivity contribution in [2.75, 3.05) is 38.7 Å². The van der Waals surface area contributed by atoms with Gasteiger partial charge >= 0.3 is 0 Å². The van der Waals surface area contributed by atoms with Crippen molar-refractivity contribution in [3.63, 3.8) is 0 Å². The van der Waals surface area contributed by atoms with Gasteiger partial charge in [-0.25, -0.2) is 8.42 Å². The lowest BCUT2D eigenvalue weighted by Gasteiger charge is -2.35. The Balaban J connectivity index is 1.63. The van der Waals surface area contributed by atoms with Crippen molar-refractivity contribution in [1.29, 1.82) is 0 Å². The third-order valence-corrected chi connectivity index (χ3v) is 11.0. The number of carbonyl (C=O) groups excluding carboxylic acids is 2. The van der Waals surface area contributed by atoms with Crippen LogP contribution in [0.15, 0.2) is 53.4 Å². The van der Waals surface area contributed by atoms with Crippen molar-refractivity contribution in [2.24, 2.45) is 11.8 Å². The Hall–Kier alpha value is -2.99. The minimum absolute atomic E-state index is 0.0361. The van der Waals surface area contributed by atoms with E-state index < -0.39 is 22.2 Å². The topological polar surface area (TPSA) is 125 Å². The van der Waals surface area contributed by atoms with Crippen molar-refractivity contribution in [3.8, 4) is 5.75 Å². The molecule has 2 N–H and O–H groups in total. The number of anilines is 1. The lowest BCUT2D eigenvalue weighted by molar-refractivity contribution is -0.120. The van der Waals surface area contributed by atoms with Crippen LogP contribution in [0, 0.1) is 11.8 Å². The highest BCUT2D eigenvalue weighted by Gasteiger charge is 2.32. The highest BCUT2D eigenvalue weighted by atomic mass is 32.2. The van der Waals surface area contributed by atoms with Crippen LogP contribution < -0.4 is 10.1 Å². The number of hydrogen-bond donors (Lipinski definition) is 2. The lowest BCUT2D eigenvalue weighted by atomic mass is 9.88. The van der Waals surface area contributed by atoms with Gasteiger partial charge in [0.25, 0.3) is 5.91 Å². The van der Waals surface area contributed by atoms with E-state index in [1.54, 1.807) is 67.4 Å². The van der Waals surface area contributed by atoms with Gasteiger partial charge < -0.3 is 24.8 Å². The average Bonchev–Trinajstić information content (AvgIpc) is 3.06. The van der Waals surface area contributed by atoms with Crippen LogP contribution in [0.3, 0.4) is 0 Å². The zero-order chi connectivity index (χ0) is 33.3. The summed E-state index contributed by atoms with van der Waals surface area (Å²) in [6.45, 7) is 6.14. The fourth-order valence-electron chi connectivity index (χ4n) is 6.20. The number of sulfonamides is 1. The molecule has 0 saturated heterocycles. The molecule has 4 atom stereocenters. The Morgan fingerprint density at radius 1 is 1.04 bits per heavy atom. The van der Waals surface area contributed by atoms with Crippen molar-refractivity contribution in [2.45, 2.75) is 95.3 Å². The number of benzene rings is 2. The quantitative estimate of drug-likeness (QED) is 0.394. The highest BCUT2D eigenvalue weighted by molar-refractivity contribution is 7.89. The van der Waals surface area contributed by atoms with Crippen LogP contribution in [0.5, 0.6) is 5.75 Å². The van der Waals surface area contributed by atoms with Gasteiger partial charge in [0, 0.05) is 44.3 Å². The van der Waals surface area contributed by atoms with E-state index in [0.717, 1.165) is 51.4 Å². The van der Waals surface area contributed by atoms with Crippen LogP contribution in [0.1, 0.15) is 82.5 Å². The number of likely N-dealkylation sites (N-methyl/N-ethyl adjacent to an activating group) is 1. The summed E-state index contributed by atoms with van der Waals surface area (Å²) in [4.78, 5) is 29.2. The van der Waals surface area contributed by atoms with E-state index in [1.807, 2.05) is 13.8 Å². The summed E-state index contributed by atoms with van der Waals surface area (Å²) < 4.78 is 40.6. The largest absolute Gasteiger partial charge is 0.490 e. The molecular formula is C35H51N3O7S. The molecule has 1 aliphatic heterocycles. The van der Waals surface area contributed by atoms with Gasteiger partial charge in [-0.3, -0.25) is 9.59 Å². The first-order chi connectivity index (χ1) is 22.0. The van der Waals surface area contributed by atoms with Crippen molar-refractivity contribution in [1.82, 2.24) is 9.21 Å². The van der Waals surface area contributed by atoms with Gasteiger partial charge in [0.2, 0.25) is 15.9 Å². The average molecular weight is 658 g/mol. The van der Waals surface area contributed by atoms with Gasteiger partial charge in [0.05, 0.1) is 35.3 Å². The van der Waals surface area contributed by atoms with E-state index in [1.165, 1.54) is 4.31 Å². The first-order valence-electron chi connectivity index (χ1n) is 16.7. The second kappa shape index (κ2) is 16.7. The third-order valence-electron chi connectivity index (χ3n) is 9.18. The first-order valence-corrected chi connectivity index (χ1v) is 18.1.